The maximum atomic E-state index is 11.8. The molecule has 0 aromatic heterocycles. The Labute approximate surface area is 101 Å². The molecular weight excluding hydrogens is 220 g/mol. The van der Waals surface area contributed by atoms with Crippen molar-refractivity contribution in [3.63, 3.8) is 0 Å². The molecule has 0 heterocycles. The van der Waals surface area contributed by atoms with Gasteiger partial charge in [-0.3, -0.25) is 0 Å². The average Bonchev–Trinajstić information content (AvgIpc) is 2.37. The summed E-state index contributed by atoms with van der Waals surface area (Å²) in [5.74, 6) is 0.681. The zero-order valence-corrected chi connectivity index (χ0v) is 10.3. The maximum absolute atomic E-state index is 11.8. The largest absolute Gasteiger partial charge is 0.497 e. The summed E-state index contributed by atoms with van der Waals surface area (Å²) < 4.78 is 5.06. The maximum Gasteiger partial charge on any atom is 0.321 e. The number of hydrogen-bond donors (Lipinski definition) is 2. The Hall–Kier alpha value is -1.75. The number of amides is 2. The second-order valence-corrected chi connectivity index (χ2v) is 3.80. The lowest BCUT2D eigenvalue weighted by Gasteiger charge is -2.23. The molecule has 0 radical (unpaired) electrons. The number of nitrogens with one attached hydrogen (secondary N) is 1. The van der Waals surface area contributed by atoms with E-state index in [1.54, 1.807) is 45.3 Å². The predicted molar refractivity (Wildman–Crippen MR) is 66.3 cm³/mol. The number of rotatable bonds is 4. The highest BCUT2D eigenvalue weighted by Crippen LogP contribution is 2.17. The zero-order chi connectivity index (χ0) is 12.8. The molecule has 0 saturated carbocycles. The van der Waals surface area contributed by atoms with Gasteiger partial charge in [0.15, 0.2) is 0 Å². The van der Waals surface area contributed by atoms with Crippen LogP contribution in [0.15, 0.2) is 24.3 Å². The molecule has 1 aromatic rings. The summed E-state index contributed by atoms with van der Waals surface area (Å²) in [6.07, 6.45) is 0. The first-order valence-electron chi connectivity index (χ1n) is 5.37. The monoisotopic (exact) mass is 238 g/mol. The number of likely N-dealkylation sites (N-methyl/N-ethyl adjacent to an activating group) is 1. The SMILES string of the molecule is COc1cccc(NC(=O)N(C)C(C)CO)c1. The molecule has 1 unspecified atom stereocenters. The van der Waals surface area contributed by atoms with Crippen molar-refractivity contribution in [2.75, 3.05) is 26.1 Å². The van der Waals surface area contributed by atoms with Crippen molar-refractivity contribution in [1.82, 2.24) is 4.90 Å². The molecule has 2 N–H and O–H groups in total. The second kappa shape index (κ2) is 6.10. The molecule has 0 aliphatic carbocycles. The van der Waals surface area contributed by atoms with E-state index in [0.29, 0.717) is 11.4 Å². The van der Waals surface area contributed by atoms with E-state index in [-0.39, 0.29) is 18.7 Å². The number of benzene rings is 1. The van der Waals surface area contributed by atoms with Crippen LogP contribution in [0.3, 0.4) is 0 Å². The van der Waals surface area contributed by atoms with Gasteiger partial charge in [-0.15, -0.1) is 0 Å². The van der Waals surface area contributed by atoms with Crippen LogP contribution >= 0.6 is 0 Å². The summed E-state index contributed by atoms with van der Waals surface area (Å²) in [7, 11) is 3.21. The quantitative estimate of drug-likeness (QED) is 0.836. The lowest BCUT2D eigenvalue weighted by Crippen LogP contribution is -2.40. The first-order valence-corrected chi connectivity index (χ1v) is 5.37. The Balaban J connectivity index is 2.67. The number of urea groups is 1. The van der Waals surface area contributed by atoms with Crippen LogP contribution in [-0.2, 0) is 0 Å². The molecule has 0 fully saturated rings. The minimum atomic E-state index is -0.264. The molecule has 0 aliphatic heterocycles. The van der Waals surface area contributed by atoms with E-state index in [4.69, 9.17) is 9.84 Å². The van der Waals surface area contributed by atoms with E-state index in [1.165, 1.54) is 4.90 Å². The van der Waals surface area contributed by atoms with Crippen LogP contribution in [0.1, 0.15) is 6.92 Å². The number of nitrogens with zero attached hydrogens (tertiary/aromatic N) is 1. The predicted octanol–water partition coefficient (Wildman–Crippen LogP) is 1.54. The van der Waals surface area contributed by atoms with Crippen LogP contribution in [0.25, 0.3) is 0 Å². The first-order chi connectivity index (χ1) is 8.08. The van der Waals surface area contributed by atoms with Gasteiger partial charge in [-0.1, -0.05) is 6.07 Å². The molecule has 0 bridgehead atoms. The molecule has 94 valence electrons. The Kier molecular flexibility index (Phi) is 4.78. The molecule has 1 rings (SSSR count). The van der Waals surface area contributed by atoms with Crippen LogP contribution in [0, 0.1) is 0 Å². The van der Waals surface area contributed by atoms with Gasteiger partial charge in [0.05, 0.1) is 19.8 Å². The zero-order valence-electron chi connectivity index (χ0n) is 10.3. The third-order valence-electron chi connectivity index (χ3n) is 2.57. The number of ether oxygens (including phenoxy) is 1. The van der Waals surface area contributed by atoms with Crippen molar-refractivity contribution in [3.8, 4) is 5.75 Å². The molecule has 1 atom stereocenters. The summed E-state index contributed by atoms with van der Waals surface area (Å²) in [5, 5.41) is 11.7. The Morgan fingerprint density at radius 1 is 1.59 bits per heavy atom. The summed E-state index contributed by atoms with van der Waals surface area (Å²) in [6, 6.07) is 6.62. The van der Waals surface area contributed by atoms with E-state index in [2.05, 4.69) is 5.32 Å². The van der Waals surface area contributed by atoms with Gasteiger partial charge in [0.25, 0.3) is 0 Å². The smallest absolute Gasteiger partial charge is 0.321 e. The van der Waals surface area contributed by atoms with Gasteiger partial charge in [0.2, 0.25) is 0 Å². The highest BCUT2D eigenvalue weighted by atomic mass is 16.5. The van der Waals surface area contributed by atoms with Crippen LogP contribution in [0.4, 0.5) is 10.5 Å². The third-order valence-corrected chi connectivity index (χ3v) is 2.57. The van der Waals surface area contributed by atoms with Crippen LogP contribution in [0.5, 0.6) is 5.75 Å². The molecule has 0 saturated heterocycles. The number of aliphatic hydroxyl groups excluding tert-OH is 1. The molecule has 0 aliphatic rings. The van der Waals surface area contributed by atoms with Gasteiger partial charge in [0.1, 0.15) is 5.75 Å². The topological polar surface area (TPSA) is 61.8 Å². The highest BCUT2D eigenvalue weighted by Gasteiger charge is 2.14. The second-order valence-electron chi connectivity index (χ2n) is 3.80. The van der Waals surface area contributed by atoms with Gasteiger partial charge in [-0.25, -0.2) is 4.79 Å². The number of carbonyl (C=O) groups excluding carboxylic acids is 1. The van der Waals surface area contributed by atoms with E-state index in [9.17, 15) is 4.79 Å². The fourth-order valence-corrected chi connectivity index (χ4v) is 1.24. The van der Waals surface area contributed by atoms with Crippen molar-refractivity contribution >= 4 is 11.7 Å². The molecular formula is C12H18N2O3. The standard InChI is InChI=1S/C12H18N2O3/c1-9(8-15)14(2)12(16)13-10-5-4-6-11(7-10)17-3/h4-7,9,15H,8H2,1-3H3,(H,13,16). The van der Waals surface area contributed by atoms with Crippen molar-refractivity contribution in [2.24, 2.45) is 0 Å². The molecule has 2 amide bonds. The van der Waals surface area contributed by atoms with E-state index in [1.807, 2.05) is 0 Å². The molecule has 0 spiro atoms. The van der Waals surface area contributed by atoms with Crippen molar-refractivity contribution < 1.29 is 14.6 Å². The summed E-state index contributed by atoms with van der Waals surface area (Å²) >= 11 is 0. The van der Waals surface area contributed by atoms with E-state index < -0.39 is 0 Å². The number of methoxy groups -OCH3 is 1. The summed E-state index contributed by atoms with van der Waals surface area (Å²) in [6.45, 7) is 1.70. The molecule has 17 heavy (non-hydrogen) atoms. The molecule has 1 aromatic carbocycles. The van der Waals surface area contributed by atoms with Crippen molar-refractivity contribution in [2.45, 2.75) is 13.0 Å². The Bertz CT molecular complexity index is 382. The lowest BCUT2D eigenvalue weighted by molar-refractivity contribution is 0.166. The fraction of sp³-hybridized carbons (Fsp3) is 0.417. The number of anilines is 1. The van der Waals surface area contributed by atoms with Gasteiger partial charge >= 0.3 is 6.03 Å². The van der Waals surface area contributed by atoms with E-state index in [0.717, 1.165) is 0 Å². The number of carbonyl (C=O) groups is 1. The van der Waals surface area contributed by atoms with Crippen LogP contribution in [-0.4, -0.2) is 42.8 Å². The summed E-state index contributed by atoms with van der Waals surface area (Å²) in [4.78, 5) is 13.2. The van der Waals surface area contributed by atoms with Gasteiger partial charge in [-0.05, 0) is 19.1 Å². The Morgan fingerprint density at radius 2 is 2.29 bits per heavy atom. The molecule has 5 heteroatoms. The van der Waals surface area contributed by atoms with E-state index >= 15 is 0 Å². The normalized spacial score (nSPS) is 11.8. The average molecular weight is 238 g/mol. The summed E-state index contributed by atoms with van der Waals surface area (Å²) in [5.41, 5.74) is 0.659. The van der Waals surface area contributed by atoms with Gasteiger partial charge < -0.3 is 20.1 Å². The van der Waals surface area contributed by atoms with Gasteiger partial charge in [0, 0.05) is 18.8 Å². The number of aliphatic hydroxyl groups is 1. The minimum Gasteiger partial charge on any atom is -0.497 e. The third kappa shape index (κ3) is 3.64. The number of hydrogen-bond acceptors (Lipinski definition) is 3. The highest BCUT2D eigenvalue weighted by molar-refractivity contribution is 5.89. The van der Waals surface area contributed by atoms with Crippen LogP contribution in [0.2, 0.25) is 0 Å². The van der Waals surface area contributed by atoms with Gasteiger partial charge in [-0.2, -0.15) is 0 Å². The minimum absolute atomic E-state index is 0.0674. The van der Waals surface area contributed by atoms with Crippen molar-refractivity contribution in [1.29, 1.82) is 0 Å². The Morgan fingerprint density at radius 3 is 2.88 bits per heavy atom. The fourth-order valence-electron chi connectivity index (χ4n) is 1.24. The van der Waals surface area contributed by atoms with Crippen LogP contribution < -0.4 is 10.1 Å². The van der Waals surface area contributed by atoms with Crippen molar-refractivity contribution in [3.05, 3.63) is 24.3 Å². The lowest BCUT2D eigenvalue weighted by atomic mass is 10.3. The molecule has 5 nitrogen and oxygen atoms in total. The first kappa shape index (κ1) is 13.3.